The van der Waals surface area contributed by atoms with Crippen molar-refractivity contribution in [2.75, 3.05) is 46.2 Å². The molecule has 0 radical (unpaired) electrons. The Morgan fingerprint density at radius 2 is 1.31 bits per heavy atom. The molecule has 0 amide bonds. The molecule has 0 aliphatic heterocycles. The lowest BCUT2D eigenvalue weighted by atomic mass is 10.0. The molecule has 0 N–H and O–H groups in total. The van der Waals surface area contributed by atoms with E-state index in [9.17, 15) is 0 Å². The van der Waals surface area contributed by atoms with Gasteiger partial charge in [0, 0.05) is 25.8 Å². The largest absolute Gasteiger partial charge is 0.501 e. The summed E-state index contributed by atoms with van der Waals surface area (Å²) in [7, 11) is 1.47. The molecule has 2 unspecified atom stereocenters. The molecule has 0 spiro atoms. The van der Waals surface area contributed by atoms with Crippen LogP contribution in [0.1, 0.15) is 85.5 Å². The standard InChI is InChI=1S/C23H51NO3SSi/c1-7-11-14-22(9-3)20-26-29(19-13-18-28,25-17-16-24(5)6)27-21-23(10-4)15-12-8-2/h22-23,28H,7-21H2,1-6H3. The summed E-state index contributed by atoms with van der Waals surface area (Å²) in [5, 5.41) is 0. The summed E-state index contributed by atoms with van der Waals surface area (Å²) in [6.45, 7) is 12.2. The van der Waals surface area contributed by atoms with Crippen LogP contribution in [0.5, 0.6) is 0 Å². The third-order valence-corrected chi connectivity index (χ3v) is 8.81. The molecule has 0 heterocycles. The van der Waals surface area contributed by atoms with Crippen LogP contribution < -0.4 is 0 Å². The average Bonchev–Trinajstić information content (AvgIpc) is 2.72. The van der Waals surface area contributed by atoms with Crippen molar-refractivity contribution < 1.29 is 13.3 Å². The third kappa shape index (κ3) is 14.9. The molecule has 0 fully saturated rings. The fraction of sp³-hybridized carbons (Fsp3) is 1.00. The molecule has 0 aliphatic carbocycles. The summed E-state index contributed by atoms with van der Waals surface area (Å²) in [6.07, 6.45) is 10.8. The van der Waals surface area contributed by atoms with Crippen LogP contribution in [0.15, 0.2) is 0 Å². The summed E-state index contributed by atoms with van der Waals surface area (Å²) < 4.78 is 19.7. The van der Waals surface area contributed by atoms with Crippen LogP contribution in [-0.2, 0) is 13.3 Å². The van der Waals surface area contributed by atoms with Gasteiger partial charge in [0.05, 0.1) is 6.61 Å². The van der Waals surface area contributed by atoms with Crippen molar-refractivity contribution in [3.63, 3.8) is 0 Å². The van der Waals surface area contributed by atoms with Gasteiger partial charge in [0.15, 0.2) is 0 Å². The van der Waals surface area contributed by atoms with Crippen LogP contribution in [0, 0.1) is 11.8 Å². The van der Waals surface area contributed by atoms with Gasteiger partial charge in [-0.2, -0.15) is 12.6 Å². The van der Waals surface area contributed by atoms with Crippen molar-refractivity contribution in [3.8, 4) is 0 Å². The lowest BCUT2D eigenvalue weighted by Gasteiger charge is -2.33. The molecule has 4 nitrogen and oxygen atoms in total. The number of hydrogen-bond acceptors (Lipinski definition) is 5. The van der Waals surface area contributed by atoms with E-state index >= 15 is 0 Å². The Balaban J connectivity index is 5.15. The van der Waals surface area contributed by atoms with Crippen LogP contribution in [0.4, 0.5) is 0 Å². The van der Waals surface area contributed by atoms with E-state index in [-0.39, 0.29) is 0 Å². The van der Waals surface area contributed by atoms with Crippen LogP contribution in [0.2, 0.25) is 6.04 Å². The predicted octanol–water partition coefficient (Wildman–Crippen LogP) is 6.29. The molecule has 0 aliphatic rings. The van der Waals surface area contributed by atoms with Gasteiger partial charge in [-0.3, -0.25) is 0 Å². The Kier molecular flexibility index (Phi) is 19.4. The zero-order valence-electron chi connectivity index (χ0n) is 20.4. The zero-order valence-corrected chi connectivity index (χ0v) is 22.3. The summed E-state index contributed by atoms with van der Waals surface area (Å²) >= 11 is 4.45. The summed E-state index contributed by atoms with van der Waals surface area (Å²) in [6, 6.07) is 0.873. The lowest BCUT2D eigenvalue weighted by molar-refractivity contribution is 0.0314. The molecule has 176 valence electrons. The molecule has 6 heteroatoms. The van der Waals surface area contributed by atoms with E-state index in [0.29, 0.717) is 18.4 Å². The van der Waals surface area contributed by atoms with E-state index in [2.05, 4.69) is 59.3 Å². The monoisotopic (exact) mass is 449 g/mol. The molecule has 0 saturated carbocycles. The average molecular weight is 450 g/mol. The lowest BCUT2D eigenvalue weighted by Crippen LogP contribution is -2.49. The van der Waals surface area contributed by atoms with Crippen molar-refractivity contribution in [2.24, 2.45) is 11.8 Å². The van der Waals surface area contributed by atoms with Gasteiger partial charge >= 0.3 is 8.80 Å². The Hall–Kier alpha value is 0.407. The van der Waals surface area contributed by atoms with Crippen LogP contribution in [0.3, 0.4) is 0 Å². The fourth-order valence-electron chi connectivity index (χ4n) is 3.31. The van der Waals surface area contributed by atoms with E-state index in [1.807, 2.05) is 0 Å². The van der Waals surface area contributed by atoms with E-state index in [1.165, 1.54) is 38.5 Å². The van der Waals surface area contributed by atoms with Gasteiger partial charge in [0.25, 0.3) is 0 Å². The molecule has 0 bridgehead atoms. The molecule has 0 rings (SSSR count). The highest BCUT2D eigenvalue weighted by Gasteiger charge is 2.41. The molecule has 0 aromatic heterocycles. The number of rotatable bonds is 21. The topological polar surface area (TPSA) is 30.9 Å². The maximum atomic E-state index is 6.61. The molecule has 29 heavy (non-hydrogen) atoms. The molecule has 0 saturated heterocycles. The van der Waals surface area contributed by atoms with Crippen molar-refractivity contribution in [1.29, 1.82) is 0 Å². The van der Waals surface area contributed by atoms with Crippen LogP contribution in [-0.4, -0.2) is 59.9 Å². The Bertz CT molecular complexity index is 341. The van der Waals surface area contributed by atoms with Gasteiger partial charge in [-0.15, -0.1) is 0 Å². The van der Waals surface area contributed by atoms with Gasteiger partial charge in [-0.1, -0.05) is 66.2 Å². The molecular formula is C23H51NO3SSi. The molecule has 2 atom stereocenters. The van der Waals surface area contributed by atoms with Gasteiger partial charge in [-0.05, 0) is 50.9 Å². The van der Waals surface area contributed by atoms with Crippen molar-refractivity contribution in [1.82, 2.24) is 4.90 Å². The van der Waals surface area contributed by atoms with E-state index in [0.717, 1.165) is 50.8 Å². The second kappa shape index (κ2) is 19.1. The first-order valence-corrected chi connectivity index (χ1v) is 14.7. The predicted molar refractivity (Wildman–Crippen MR) is 132 cm³/mol. The second-order valence-electron chi connectivity index (χ2n) is 8.62. The minimum Gasteiger partial charge on any atom is -0.373 e. The van der Waals surface area contributed by atoms with Gasteiger partial charge in [0.1, 0.15) is 0 Å². The smallest absolute Gasteiger partial charge is 0.373 e. The quantitative estimate of drug-likeness (QED) is 0.165. The summed E-state index contributed by atoms with van der Waals surface area (Å²) in [4.78, 5) is 2.16. The number of likely N-dealkylation sites (N-methyl/N-ethyl adjacent to an activating group) is 1. The number of hydrogen-bond donors (Lipinski definition) is 1. The minimum absolute atomic E-state index is 0.598. The van der Waals surface area contributed by atoms with Gasteiger partial charge < -0.3 is 18.2 Å². The van der Waals surface area contributed by atoms with Crippen LogP contribution >= 0.6 is 12.6 Å². The Morgan fingerprint density at radius 1 is 0.793 bits per heavy atom. The normalized spacial score (nSPS) is 16.1. The zero-order chi connectivity index (χ0) is 22.0. The van der Waals surface area contributed by atoms with Gasteiger partial charge in [-0.25, -0.2) is 0 Å². The van der Waals surface area contributed by atoms with E-state index < -0.39 is 8.80 Å². The van der Waals surface area contributed by atoms with Crippen molar-refractivity contribution in [2.45, 2.75) is 91.5 Å². The molecule has 0 aromatic carbocycles. The SMILES string of the molecule is CCCCC(CC)CO[Si](CCCS)(OCCN(C)C)OCC(CC)CCCC. The Labute approximate surface area is 189 Å². The minimum atomic E-state index is -2.70. The number of nitrogens with zero attached hydrogens (tertiary/aromatic N) is 1. The first kappa shape index (κ1) is 29.4. The third-order valence-electron chi connectivity index (χ3n) is 5.67. The maximum absolute atomic E-state index is 6.61. The van der Waals surface area contributed by atoms with Crippen molar-refractivity contribution in [3.05, 3.63) is 0 Å². The summed E-state index contributed by atoms with van der Waals surface area (Å²) in [5.41, 5.74) is 0. The number of unbranched alkanes of at least 4 members (excludes halogenated alkanes) is 2. The highest BCUT2D eigenvalue weighted by Crippen LogP contribution is 2.24. The molecular weight excluding hydrogens is 398 g/mol. The highest BCUT2D eigenvalue weighted by molar-refractivity contribution is 7.80. The highest BCUT2D eigenvalue weighted by atomic mass is 32.1. The summed E-state index contributed by atoms with van der Waals surface area (Å²) in [5.74, 6) is 2.04. The van der Waals surface area contributed by atoms with E-state index in [4.69, 9.17) is 13.3 Å². The maximum Gasteiger partial charge on any atom is 0.501 e. The van der Waals surface area contributed by atoms with Crippen LogP contribution in [0.25, 0.3) is 0 Å². The Morgan fingerprint density at radius 3 is 1.69 bits per heavy atom. The second-order valence-corrected chi connectivity index (χ2v) is 11.8. The first-order chi connectivity index (χ1) is 14.0. The number of thiol groups is 1. The molecule has 0 aromatic rings. The van der Waals surface area contributed by atoms with E-state index in [1.54, 1.807) is 0 Å². The van der Waals surface area contributed by atoms with Gasteiger partial charge in [0.2, 0.25) is 0 Å². The fourth-order valence-corrected chi connectivity index (χ4v) is 6.44. The van der Waals surface area contributed by atoms with Crippen molar-refractivity contribution >= 4 is 21.4 Å². The first-order valence-electron chi connectivity index (χ1n) is 12.1.